The lowest BCUT2D eigenvalue weighted by atomic mass is 10.1. The number of nitrogens with zero attached hydrogens (tertiary/aromatic N) is 2. The third kappa shape index (κ3) is 3.61. The van der Waals surface area contributed by atoms with Crippen LogP contribution < -0.4 is 5.32 Å². The van der Waals surface area contributed by atoms with E-state index in [0.29, 0.717) is 10.5 Å². The second kappa shape index (κ2) is 7.55. The summed E-state index contributed by atoms with van der Waals surface area (Å²) in [6.07, 6.45) is 2.10. The number of hydrogen-bond acceptors (Lipinski definition) is 5. The Bertz CT molecular complexity index is 451. The molecule has 0 spiro atoms. The normalized spacial score (nSPS) is 22.8. The second-order valence-corrected chi connectivity index (χ2v) is 7.88. The smallest absolute Gasteiger partial charge is 0.145 e. The van der Waals surface area contributed by atoms with Crippen LogP contribution in [0.5, 0.6) is 0 Å². The summed E-state index contributed by atoms with van der Waals surface area (Å²) in [5.74, 6) is 4.52. The summed E-state index contributed by atoms with van der Waals surface area (Å²) in [7, 11) is 0. The maximum absolute atomic E-state index is 4.86. The summed E-state index contributed by atoms with van der Waals surface area (Å²) >= 11 is 4.04. The van der Waals surface area contributed by atoms with Crippen molar-refractivity contribution in [2.45, 2.75) is 51.0 Å². The van der Waals surface area contributed by atoms with Crippen LogP contribution in [0, 0.1) is 6.92 Å². The Hall–Kier alpha value is -0.420. The van der Waals surface area contributed by atoms with Crippen molar-refractivity contribution in [2.24, 2.45) is 0 Å². The van der Waals surface area contributed by atoms with Gasteiger partial charge in [-0.1, -0.05) is 20.8 Å². The highest BCUT2D eigenvalue weighted by Gasteiger charge is 2.27. The molecule has 0 radical (unpaired) electrons. The number of rotatable bonds is 5. The summed E-state index contributed by atoms with van der Waals surface area (Å²) < 4.78 is 0. The number of anilines is 1. The van der Waals surface area contributed by atoms with Crippen molar-refractivity contribution in [3.8, 4) is 0 Å². The minimum Gasteiger partial charge on any atom is -0.370 e. The standard InChI is InChI=1S/C15H25N3S2/c1-5-7-16-14-12(6-2)10(3)17-15(18-14)13-11(4)19-8-9-20-13/h11,13H,5-9H2,1-4H3,(H,16,17,18). The molecule has 1 aromatic heterocycles. The third-order valence-electron chi connectivity index (χ3n) is 3.57. The summed E-state index contributed by atoms with van der Waals surface area (Å²) in [6.45, 7) is 9.75. The maximum atomic E-state index is 4.86. The van der Waals surface area contributed by atoms with Gasteiger partial charge in [-0.2, -0.15) is 11.8 Å². The first-order valence-electron chi connectivity index (χ1n) is 7.51. The fourth-order valence-corrected chi connectivity index (χ4v) is 5.16. The zero-order chi connectivity index (χ0) is 14.5. The minimum atomic E-state index is 0.431. The van der Waals surface area contributed by atoms with Crippen LogP contribution in [0.2, 0.25) is 0 Å². The fraction of sp³-hybridized carbons (Fsp3) is 0.733. The highest BCUT2D eigenvalue weighted by molar-refractivity contribution is 8.06. The van der Waals surface area contributed by atoms with Crippen LogP contribution in [0.25, 0.3) is 0 Å². The summed E-state index contributed by atoms with van der Waals surface area (Å²) in [4.78, 5) is 9.66. The molecule has 0 bridgehead atoms. The van der Waals surface area contributed by atoms with E-state index in [1.807, 2.05) is 23.5 Å². The van der Waals surface area contributed by atoms with Crippen molar-refractivity contribution in [3.63, 3.8) is 0 Å². The van der Waals surface area contributed by atoms with Gasteiger partial charge in [0.2, 0.25) is 0 Å². The molecule has 2 atom stereocenters. The van der Waals surface area contributed by atoms with E-state index in [4.69, 9.17) is 9.97 Å². The van der Waals surface area contributed by atoms with E-state index < -0.39 is 0 Å². The Morgan fingerprint density at radius 2 is 1.95 bits per heavy atom. The van der Waals surface area contributed by atoms with Crippen LogP contribution in [-0.4, -0.2) is 33.3 Å². The van der Waals surface area contributed by atoms with Gasteiger partial charge in [0.25, 0.3) is 0 Å². The lowest BCUT2D eigenvalue weighted by Gasteiger charge is -2.27. The highest BCUT2D eigenvalue weighted by Crippen LogP contribution is 2.41. The lowest BCUT2D eigenvalue weighted by Crippen LogP contribution is -2.20. The van der Waals surface area contributed by atoms with Crippen LogP contribution >= 0.6 is 23.5 Å². The lowest BCUT2D eigenvalue weighted by molar-refractivity contribution is 0.802. The molecule has 0 saturated carbocycles. The third-order valence-corrected chi connectivity index (χ3v) is 6.66. The molecular weight excluding hydrogens is 286 g/mol. The number of hydrogen-bond donors (Lipinski definition) is 1. The van der Waals surface area contributed by atoms with E-state index in [9.17, 15) is 0 Å². The van der Waals surface area contributed by atoms with Gasteiger partial charge in [-0.15, -0.1) is 11.8 Å². The van der Waals surface area contributed by atoms with Crippen molar-refractivity contribution in [3.05, 3.63) is 17.1 Å². The molecule has 2 rings (SSSR count). The van der Waals surface area contributed by atoms with Gasteiger partial charge >= 0.3 is 0 Å². The van der Waals surface area contributed by atoms with Crippen LogP contribution in [0.3, 0.4) is 0 Å². The van der Waals surface area contributed by atoms with Crippen LogP contribution in [0.1, 0.15) is 49.5 Å². The summed E-state index contributed by atoms with van der Waals surface area (Å²) in [6, 6.07) is 0. The van der Waals surface area contributed by atoms with Gasteiger partial charge in [0, 0.05) is 34.6 Å². The molecule has 0 amide bonds. The predicted octanol–water partition coefficient (Wildman–Crippen LogP) is 4.08. The van der Waals surface area contributed by atoms with Crippen molar-refractivity contribution in [2.75, 3.05) is 23.4 Å². The number of nitrogens with one attached hydrogen (secondary N) is 1. The molecule has 1 aromatic rings. The van der Waals surface area contributed by atoms with Gasteiger partial charge in [0.05, 0.1) is 5.25 Å². The number of aromatic nitrogens is 2. The van der Waals surface area contributed by atoms with Gasteiger partial charge in [0.15, 0.2) is 0 Å². The molecule has 112 valence electrons. The van der Waals surface area contributed by atoms with E-state index in [0.717, 1.165) is 36.7 Å². The topological polar surface area (TPSA) is 37.8 Å². The van der Waals surface area contributed by atoms with Crippen LogP contribution in [0.15, 0.2) is 0 Å². The first kappa shape index (κ1) is 16.0. The zero-order valence-electron chi connectivity index (χ0n) is 12.9. The predicted molar refractivity (Wildman–Crippen MR) is 92.0 cm³/mol. The maximum Gasteiger partial charge on any atom is 0.145 e. The minimum absolute atomic E-state index is 0.431. The molecule has 1 saturated heterocycles. The highest BCUT2D eigenvalue weighted by atomic mass is 32.2. The van der Waals surface area contributed by atoms with Crippen molar-refractivity contribution in [1.29, 1.82) is 0 Å². The SMILES string of the molecule is CCCNc1nc(C2SCCSC2C)nc(C)c1CC. The van der Waals surface area contributed by atoms with Crippen LogP contribution in [0.4, 0.5) is 5.82 Å². The molecule has 20 heavy (non-hydrogen) atoms. The Balaban J connectivity index is 2.31. The first-order valence-corrected chi connectivity index (χ1v) is 9.61. The van der Waals surface area contributed by atoms with Gasteiger partial charge in [-0.25, -0.2) is 9.97 Å². The van der Waals surface area contributed by atoms with Crippen molar-refractivity contribution in [1.82, 2.24) is 9.97 Å². The average molecular weight is 312 g/mol. The van der Waals surface area contributed by atoms with E-state index in [1.165, 1.54) is 17.1 Å². The van der Waals surface area contributed by atoms with E-state index in [-0.39, 0.29) is 0 Å². The molecule has 1 fully saturated rings. The molecule has 1 N–H and O–H groups in total. The largest absolute Gasteiger partial charge is 0.370 e. The van der Waals surface area contributed by atoms with E-state index in [1.54, 1.807) is 0 Å². The second-order valence-electron chi connectivity index (χ2n) is 5.14. The Morgan fingerprint density at radius 3 is 2.60 bits per heavy atom. The molecule has 0 aliphatic carbocycles. The first-order chi connectivity index (χ1) is 9.67. The number of thioether (sulfide) groups is 2. The Morgan fingerprint density at radius 1 is 1.20 bits per heavy atom. The van der Waals surface area contributed by atoms with Gasteiger partial charge in [-0.05, 0) is 19.8 Å². The van der Waals surface area contributed by atoms with Gasteiger partial charge in [0.1, 0.15) is 11.6 Å². The summed E-state index contributed by atoms with van der Waals surface area (Å²) in [5.41, 5.74) is 2.41. The monoisotopic (exact) mass is 311 g/mol. The van der Waals surface area contributed by atoms with Crippen molar-refractivity contribution >= 4 is 29.3 Å². The van der Waals surface area contributed by atoms with Gasteiger partial charge < -0.3 is 5.32 Å². The molecule has 5 heteroatoms. The molecule has 2 unspecified atom stereocenters. The van der Waals surface area contributed by atoms with E-state index in [2.05, 4.69) is 33.0 Å². The Kier molecular flexibility index (Phi) is 6.02. The molecule has 0 aromatic carbocycles. The fourth-order valence-electron chi connectivity index (χ4n) is 2.47. The van der Waals surface area contributed by atoms with Crippen LogP contribution in [-0.2, 0) is 6.42 Å². The molecule has 3 nitrogen and oxygen atoms in total. The molecular formula is C15H25N3S2. The molecule has 1 aliphatic heterocycles. The van der Waals surface area contributed by atoms with Gasteiger partial charge in [-0.3, -0.25) is 0 Å². The zero-order valence-corrected chi connectivity index (χ0v) is 14.5. The molecule has 1 aliphatic rings. The van der Waals surface area contributed by atoms with Crippen molar-refractivity contribution < 1.29 is 0 Å². The molecule has 2 heterocycles. The quantitative estimate of drug-likeness (QED) is 0.887. The average Bonchev–Trinajstić information content (AvgIpc) is 2.45. The summed E-state index contributed by atoms with van der Waals surface area (Å²) in [5, 5.41) is 4.51. The van der Waals surface area contributed by atoms with E-state index >= 15 is 0 Å². The number of aryl methyl sites for hydroxylation is 1. The Labute approximate surface area is 131 Å².